The van der Waals surface area contributed by atoms with Gasteiger partial charge in [0.1, 0.15) is 5.78 Å². The van der Waals surface area contributed by atoms with Gasteiger partial charge in [-0.1, -0.05) is 19.3 Å². The quantitative estimate of drug-likeness (QED) is 0.539. The third-order valence-electron chi connectivity index (χ3n) is 4.60. The fraction of sp³-hybridized carbons (Fsp3) is 0.867. The van der Waals surface area contributed by atoms with Gasteiger partial charge in [0.05, 0.1) is 6.61 Å². The maximum absolute atomic E-state index is 11.4. The van der Waals surface area contributed by atoms with E-state index in [-0.39, 0.29) is 5.97 Å². The molecule has 102 valence electrons. The van der Waals surface area contributed by atoms with Gasteiger partial charge in [0.25, 0.3) is 0 Å². The number of unbranched alkanes of at least 4 members (excludes halogenated alkanes) is 2. The number of esters is 1. The van der Waals surface area contributed by atoms with E-state index < -0.39 is 0 Å². The minimum Gasteiger partial charge on any atom is -0.466 e. The van der Waals surface area contributed by atoms with Gasteiger partial charge in [0.2, 0.25) is 0 Å². The van der Waals surface area contributed by atoms with E-state index in [9.17, 15) is 9.59 Å². The number of ketones is 1. The number of carbonyl (C=O) groups is 2. The van der Waals surface area contributed by atoms with Crippen LogP contribution >= 0.6 is 0 Å². The Morgan fingerprint density at radius 3 is 2.83 bits per heavy atom. The predicted molar refractivity (Wildman–Crippen MR) is 69.0 cm³/mol. The Kier molecular flexibility index (Phi) is 4.79. The van der Waals surface area contributed by atoms with Crippen molar-refractivity contribution in [2.24, 2.45) is 17.8 Å². The Morgan fingerprint density at radius 1 is 1.22 bits per heavy atom. The minimum absolute atomic E-state index is 0.182. The lowest BCUT2D eigenvalue weighted by Crippen LogP contribution is -2.09. The maximum Gasteiger partial charge on any atom is 0.302 e. The van der Waals surface area contributed by atoms with Crippen molar-refractivity contribution in [2.45, 2.75) is 58.3 Å². The van der Waals surface area contributed by atoms with Crippen LogP contribution in [0.1, 0.15) is 58.3 Å². The number of fused-ring (bicyclic) bond motifs is 1. The van der Waals surface area contributed by atoms with Crippen LogP contribution in [0, 0.1) is 17.8 Å². The van der Waals surface area contributed by atoms with E-state index in [1.807, 2.05) is 0 Å². The lowest BCUT2D eigenvalue weighted by Gasteiger charge is -2.17. The van der Waals surface area contributed by atoms with Crippen molar-refractivity contribution in [3.63, 3.8) is 0 Å². The Morgan fingerprint density at radius 2 is 2.06 bits per heavy atom. The summed E-state index contributed by atoms with van der Waals surface area (Å²) >= 11 is 0. The van der Waals surface area contributed by atoms with Crippen LogP contribution in [0.15, 0.2) is 0 Å². The van der Waals surface area contributed by atoms with Crippen molar-refractivity contribution < 1.29 is 14.3 Å². The molecule has 0 bridgehead atoms. The maximum atomic E-state index is 11.4. The van der Waals surface area contributed by atoms with Crippen LogP contribution in [0.4, 0.5) is 0 Å². The fourth-order valence-corrected chi connectivity index (χ4v) is 3.73. The van der Waals surface area contributed by atoms with E-state index in [1.165, 1.54) is 32.6 Å². The first-order chi connectivity index (χ1) is 8.66. The second-order valence-corrected chi connectivity index (χ2v) is 5.90. The first kappa shape index (κ1) is 13.6. The molecule has 0 aliphatic heterocycles. The summed E-state index contributed by atoms with van der Waals surface area (Å²) < 4.78 is 4.91. The molecule has 2 aliphatic rings. The highest BCUT2D eigenvalue weighted by atomic mass is 16.5. The summed E-state index contributed by atoms with van der Waals surface area (Å²) in [6.07, 6.45) is 8.88. The molecule has 0 aromatic heterocycles. The highest BCUT2D eigenvalue weighted by Crippen LogP contribution is 2.47. The molecule has 0 amide bonds. The largest absolute Gasteiger partial charge is 0.466 e. The highest BCUT2D eigenvalue weighted by molar-refractivity contribution is 5.81. The first-order valence-electron chi connectivity index (χ1n) is 7.32. The zero-order chi connectivity index (χ0) is 13.0. The highest BCUT2D eigenvalue weighted by Gasteiger charge is 2.41. The summed E-state index contributed by atoms with van der Waals surface area (Å²) in [4.78, 5) is 22.0. The molecular formula is C15H24O3. The molecule has 2 aliphatic carbocycles. The van der Waals surface area contributed by atoms with Gasteiger partial charge < -0.3 is 4.74 Å². The molecule has 2 rings (SSSR count). The molecule has 3 atom stereocenters. The summed E-state index contributed by atoms with van der Waals surface area (Å²) in [5.74, 6) is 2.51. The van der Waals surface area contributed by atoms with Crippen molar-refractivity contribution >= 4 is 11.8 Å². The average molecular weight is 252 g/mol. The molecule has 3 unspecified atom stereocenters. The van der Waals surface area contributed by atoms with Crippen molar-refractivity contribution in [1.29, 1.82) is 0 Å². The van der Waals surface area contributed by atoms with Gasteiger partial charge in [-0.25, -0.2) is 0 Å². The van der Waals surface area contributed by atoms with Crippen LogP contribution in [0.5, 0.6) is 0 Å². The lowest BCUT2D eigenvalue weighted by molar-refractivity contribution is -0.141. The van der Waals surface area contributed by atoms with Gasteiger partial charge in [-0.2, -0.15) is 0 Å². The standard InChI is InChI=1S/C15H24O3/c1-11(16)18-8-4-2-3-5-12-6-7-13-9-14(17)10-15(12)13/h12-13,15H,2-10H2,1H3. The average Bonchev–Trinajstić information content (AvgIpc) is 2.83. The molecule has 3 heteroatoms. The van der Waals surface area contributed by atoms with Gasteiger partial charge >= 0.3 is 5.97 Å². The van der Waals surface area contributed by atoms with Gasteiger partial charge in [-0.05, 0) is 37.0 Å². The molecule has 0 aromatic rings. The number of ether oxygens (including phenoxy) is 1. The van der Waals surface area contributed by atoms with Crippen molar-refractivity contribution in [3.05, 3.63) is 0 Å². The monoisotopic (exact) mass is 252 g/mol. The van der Waals surface area contributed by atoms with Gasteiger partial charge in [-0.15, -0.1) is 0 Å². The lowest BCUT2D eigenvalue weighted by atomic mass is 9.88. The predicted octanol–water partition coefficient (Wildman–Crippen LogP) is 3.12. The minimum atomic E-state index is -0.182. The van der Waals surface area contributed by atoms with E-state index in [0.29, 0.717) is 24.2 Å². The second kappa shape index (κ2) is 6.35. The number of carbonyl (C=O) groups excluding carboxylic acids is 2. The van der Waals surface area contributed by atoms with Gasteiger partial charge in [0, 0.05) is 19.8 Å². The zero-order valence-corrected chi connectivity index (χ0v) is 11.3. The molecule has 3 nitrogen and oxygen atoms in total. The third kappa shape index (κ3) is 3.56. The number of hydrogen-bond acceptors (Lipinski definition) is 3. The van der Waals surface area contributed by atoms with E-state index >= 15 is 0 Å². The molecule has 2 fully saturated rings. The SMILES string of the molecule is CC(=O)OCCCCCC1CCC2CC(=O)CC12. The Labute approximate surface area is 109 Å². The van der Waals surface area contributed by atoms with Gasteiger partial charge in [-0.3, -0.25) is 9.59 Å². The van der Waals surface area contributed by atoms with Crippen molar-refractivity contribution in [1.82, 2.24) is 0 Å². The van der Waals surface area contributed by atoms with Crippen LogP contribution in [-0.4, -0.2) is 18.4 Å². The summed E-state index contributed by atoms with van der Waals surface area (Å²) in [5, 5.41) is 0. The summed E-state index contributed by atoms with van der Waals surface area (Å²) in [6.45, 7) is 2.01. The zero-order valence-electron chi connectivity index (χ0n) is 11.3. The molecule has 0 N–H and O–H groups in total. The molecule has 18 heavy (non-hydrogen) atoms. The van der Waals surface area contributed by atoms with Crippen LogP contribution in [0.25, 0.3) is 0 Å². The first-order valence-corrected chi connectivity index (χ1v) is 7.32. The Balaban J connectivity index is 1.57. The molecule has 0 radical (unpaired) electrons. The summed E-state index contributed by atoms with van der Waals surface area (Å²) in [5.41, 5.74) is 0. The van der Waals surface area contributed by atoms with Crippen LogP contribution < -0.4 is 0 Å². The summed E-state index contributed by atoms with van der Waals surface area (Å²) in [7, 11) is 0. The molecule has 2 saturated carbocycles. The van der Waals surface area contributed by atoms with E-state index in [4.69, 9.17) is 4.74 Å². The Bertz CT molecular complexity index is 311. The topological polar surface area (TPSA) is 43.4 Å². The number of rotatable bonds is 6. The van der Waals surface area contributed by atoms with E-state index in [1.54, 1.807) is 0 Å². The second-order valence-electron chi connectivity index (χ2n) is 5.90. The van der Waals surface area contributed by atoms with E-state index in [2.05, 4.69) is 0 Å². The molecule has 0 heterocycles. The molecule has 0 saturated heterocycles. The third-order valence-corrected chi connectivity index (χ3v) is 4.60. The molecule has 0 spiro atoms. The van der Waals surface area contributed by atoms with Crippen LogP contribution in [0.3, 0.4) is 0 Å². The number of hydrogen-bond donors (Lipinski definition) is 0. The van der Waals surface area contributed by atoms with Gasteiger partial charge in [0.15, 0.2) is 0 Å². The normalized spacial score (nSPS) is 30.5. The van der Waals surface area contributed by atoms with Crippen molar-refractivity contribution in [2.75, 3.05) is 6.61 Å². The van der Waals surface area contributed by atoms with Crippen LogP contribution in [-0.2, 0) is 14.3 Å². The van der Waals surface area contributed by atoms with Crippen molar-refractivity contribution in [3.8, 4) is 0 Å². The Hall–Kier alpha value is -0.860. The molecular weight excluding hydrogens is 228 g/mol. The summed E-state index contributed by atoms with van der Waals surface area (Å²) in [6, 6.07) is 0. The smallest absolute Gasteiger partial charge is 0.302 e. The fourth-order valence-electron chi connectivity index (χ4n) is 3.73. The van der Waals surface area contributed by atoms with Crippen LogP contribution in [0.2, 0.25) is 0 Å². The number of Topliss-reactive ketones (excluding diaryl/α,β-unsaturated/α-hetero) is 1. The van der Waals surface area contributed by atoms with E-state index in [0.717, 1.165) is 31.6 Å². The molecule has 0 aromatic carbocycles.